The highest BCUT2D eigenvalue weighted by Gasteiger charge is 2.19. The summed E-state index contributed by atoms with van der Waals surface area (Å²) in [7, 11) is 0. The Bertz CT molecular complexity index is 1710. The van der Waals surface area contributed by atoms with Gasteiger partial charge in [-0.15, -0.1) is 11.3 Å². The standard InChI is InChI=1S/C30H26N2S/c1-30(2,3)18-20-15-16-23-24(19-33-28(23)17-20)29-31-25-12-6-7-13-27(25)32(29)26-14-8-10-21-9-4-5-11-22(21)26/h4-17,19H,18H2,1-3H3/i18D2. The van der Waals surface area contributed by atoms with Gasteiger partial charge in [0.25, 0.3) is 0 Å². The zero-order chi connectivity index (χ0) is 24.4. The number of rotatable bonds is 3. The number of aromatic nitrogens is 2. The molecular weight excluding hydrogens is 420 g/mol. The van der Waals surface area contributed by atoms with E-state index in [-0.39, 0.29) is 0 Å². The molecule has 0 radical (unpaired) electrons. The second-order valence-corrected chi connectivity index (χ2v) is 10.4. The minimum Gasteiger partial charge on any atom is -0.292 e. The van der Waals surface area contributed by atoms with Crippen LogP contribution < -0.4 is 0 Å². The maximum Gasteiger partial charge on any atom is 0.147 e. The maximum atomic E-state index is 8.72. The number of nitrogens with zero attached hydrogens (tertiary/aromatic N) is 2. The lowest BCUT2D eigenvalue weighted by Gasteiger charge is -2.18. The normalized spacial score (nSPS) is 13.5. The monoisotopic (exact) mass is 448 g/mol. The molecule has 6 aromatic rings. The van der Waals surface area contributed by atoms with Crippen molar-refractivity contribution in [2.45, 2.75) is 27.1 Å². The van der Waals surface area contributed by atoms with Gasteiger partial charge in [0.2, 0.25) is 0 Å². The molecule has 3 heteroatoms. The molecule has 0 bridgehead atoms. The lowest BCUT2D eigenvalue weighted by atomic mass is 9.88. The highest BCUT2D eigenvalue weighted by Crippen LogP contribution is 2.39. The SMILES string of the molecule is [2H]C([2H])(c1ccc2c(-c3nc4ccccc4n3-c3cccc4ccccc34)csc2c1)C(C)(C)C. The van der Waals surface area contributed by atoms with E-state index in [1.165, 1.54) is 10.8 Å². The Balaban J connectivity index is 1.61. The van der Waals surface area contributed by atoms with E-state index < -0.39 is 11.8 Å². The van der Waals surface area contributed by atoms with Gasteiger partial charge in [-0.1, -0.05) is 81.4 Å². The number of benzene rings is 4. The molecule has 0 saturated carbocycles. The minimum atomic E-state index is -1.43. The highest BCUT2D eigenvalue weighted by atomic mass is 32.1. The first-order valence-corrected chi connectivity index (χ1v) is 12.1. The van der Waals surface area contributed by atoms with Crippen molar-refractivity contribution in [2.75, 3.05) is 0 Å². The molecule has 33 heavy (non-hydrogen) atoms. The molecule has 0 fully saturated rings. The fourth-order valence-corrected chi connectivity index (χ4v) is 5.54. The molecule has 0 amide bonds. The number of hydrogen-bond acceptors (Lipinski definition) is 2. The molecular formula is C30H26N2S. The lowest BCUT2D eigenvalue weighted by molar-refractivity contribution is 0.411. The predicted octanol–water partition coefficient (Wildman–Crippen LogP) is 8.65. The first-order valence-electron chi connectivity index (χ1n) is 12.2. The van der Waals surface area contributed by atoms with E-state index in [0.717, 1.165) is 38.2 Å². The summed E-state index contributed by atoms with van der Waals surface area (Å²) in [5, 5.41) is 5.63. The van der Waals surface area contributed by atoms with Crippen LogP contribution in [0.2, 0.25) is 0 Å². The molecule has 4 aromatic carbocycles. The van der Waals surface area contributed by atoms with Crippen molar-refractivity contribution >= 4 is 43.2 Å². The Hall–Kier alpha value is -3.43. The first kappa shape index (κ1) is 18.0. The topological polar surface area (TPSA) is 17.8 Å². The van der Waals surface area contributed by atoms with Crippen LogP contribution in [0.1, 0.15) is 29.1 Å². The molecule has 0 aliphatic rings. The van der Waals surface area contributed by atoms with Crippen molar-refractivity contribution in [1.29, 1.82) is 0 Å². The molecule has 2 heterocycles. The van der Waals surface area contributed by atoms with Gasteiger partial charge < -0.3 is 0 Å². The van der Waals surface area contributed by atoms with Crippen LogP contribution >= 0.6 is 11.3 Å². The Morgan fingerprint density at radius 2 is 1.67 bits per heavy atom. The van der Waals surface area contributed by atoms with Crippen LogP contribution in [0.15, 0.2) is 90.3 Å². The summed E-state index contributed by atoms with van der Waals surface area (Å²) < 4.78 is 20.8. The van der Waals surface area contributed by atoms with E-state index in [0.29, 0.717) is 5.56 Å². The smallest absolute Gasteiger partial charge is 0.147 e. The number of thiophene rings is 1. The minimum absolute atomic E-state index is 0.497. The fourth-order valence-electron chi connectivity index (χ4n) is 4.57. The summed E-state index contributed by atoms with van der Waals surface area (Å²) in [6.07, 6.45) is -1.43. The Morgan fingerprint density at radius 3 is 2.55 bits per heavy atom. The van der Waals surface area contributed by atoms with Crippen LogP contribution in [0.4, 0.5) is 0 Å². The second kappa shape index (κ2) is 7.57. The first-order chi connectivity index (χ1) is 16.8. The van der Waals surface area contributed by atoms with Gasteiger partial charge >= 0.3 is 0 Å². The van der Waals surface area contributed by atoms with Crippen LogP contribution in [0.5, 0.6) is 0 Å². The average molecular weight is 449 g/mol. The van der Waals surface area contributed by atoms with Crippen molar-refractivity contribution in [3.63, 3.8) is 0 Å². The Kier molecular flexibility index (Phi) is 4.14. The van der Waals surface area contributed by atoms with Crippen molar-refractivity contribution in [2.24, 2.45) is 5.41 Å². The van der Waals surface area contributed by atoms with Crippen molar-refractivity contribution in [1.82, 2.24) is 9.55 Å². The molecule has 162 valence electrons. The molecule has 2 nitrogen and oxygen atoms in total. The van der Waals surface area contributed by atoms with Crippen LogP contribution in [-0.4, -0.2) is 9.55 Å². The zero-order valence-electron chi connectivity index (χ0n) is 21.0. The van der Waals surface area contributed by atoms with E-state index in [1.807, 2.05) is 39.0 Å². The molecule has 6 rings (SSSR count). The van der Waals surface area contributed by atoms with E-state index in [1.54, 1.807) is 11.3 Å². The summed E-state index contributed by atoms with van der Waals surface area (Å²) in [4.78, 5) is 5.09. The van der Waals surface area contributed by atoms with Crippen LogP contribution in [0.25, 0.3) is 49.0 Å². The Labute approximate surface area is 201 Å². The van der Waals surface area contributed by atoms with E-state index in [4.69, 9.17) is 7.73 Å². The van der Waals surface area contributed by atoms with Crippen molar-refractivity contribution in [3.8, 4) is 17.1 Å². The summed E-state index contributed by atoms with van der Waals surface area (Å²) in [5.41, 5.74) is 4.41. The van der Waals surface area contributed by atoms with E-state index >= 15 is 0 Å². The van der Waals surface area contributed by atoms with E-state index in [9.17, 15) is 0 Å². The summed E-state index contributed by atoms with van der Waals surface area (Å²) in [6, 6.07) is 29.1. The summed E-state index contributed by atoms with van der Waals surface area (Å²) >= 11 is 1.65. The molecule has 0 atom stereocenters. The third-order valence-corrected chi connectivity index (χ3v) is 6.85. The van der Waals surface area contributed by atoms with Gasteiger partial charge in [0.15, 0.2) is 0 Å². The van der Waals surface area contributed by atoms with Gasteiger partial charge in [-0.05, 0) is 47.0 Å². The number of para-hydroxylation sites is 2. The molecule has 0 aliphatic carbocycles. The molecule has 0 spiro atoms. The summed E-state index contributed by atoms with van der Waals surface area (Å²) in [6.45, 7) is 5.84. The van der Waals surface area contributed by atoms with Gasteiger partial charge in [0, 0.05) is 29.2 Å². The largest absolute Gasteiger partial charge is 0.292 e. The fraction of sp³-hybridized carbons (Fsp3) is 0.167. The molecule has 0 aliphatic heterocycles. The predicted molar refractivity (Wildman–Crippen MR) is 143 cm³/mol. The van der Waals surface area contributed by atoms with Gasteiger partial charge in [-0.25, -0.2) is 4.98 Å². The van der Waals surface area contributed by atoms with Gasteiger partial charge in [0.05, 0.1) is 16.7 Å². The Morgan fingerprint density at radius 1 is 0.879 bits per heavy atom. The highest BCUT2D eigenvalue weighted by molar-refractivity contribution is 7.17. The third-order valence-electron chi connectivity index (χ3n) is 5.90. The molecule has 0 N–H and O–H groups in total. The van der Waals surface area contributed by atoms with Crippen LogP contribution in [-0.2, 0) is 6.37 Å². The van der Waals surface area contributed by atoms with Crippen LogP contribution in [0, 0.1) is 5.41 Å². The molecule has 0 saturated heterocycles. The third kappa shape index (κ3) is 3.53. The second-order valence-electron chi connectivity index (χ2n) is 9.49. The average Bonchev–Trinajstić information content (AvgIpc) is 3.43. The molecule has 2 aromatic heterocycles. The summed E-state index contributed by atoms with van der Waals surface area (Å²) in [5.74, 6) is 0.903. The van der Waals surface area contributed by atoms with Gasteiger partial charge in [0.1, 0.15) is 5.82 Å². The van der Waals surface area contributed by atoms with Crippen molar-refractivity contribution < 1.29 is 2.74 Å². The van der Waals surface area contributed by atoms with Crippen LogP contribution in [0.3, 0.4) is 0 Å². The number of imidazole rings is 1. The number of hydrogen-bond donors (Lipinski definition) is 0. The zero-order valence-corrected chi connectivity index (χ0v) is 19.8. The van der Waals surface area contributed by atoms with Crippen molar-refractivity contribution in [3.05, 3.63) is 95.9 Å². The molecule has 0 unspecified atom stereocenters. The van der Waals surface area contributed by atoms with E-state index in [2.05, 4.69) is 76.7 Å². The maximum absolute atomic E-state index is 8.72. The van der Waals surface area contributed by atoms with Gasteiger partial charge in [-0.2, -0.15) is 0 Å². The lowest BCUT2D eigenvalue weighted by Crippen LogP contribution is -2.08. The number of fused-ring (bicyclic) bond motifs is 3. The van der Waals surface area contributed by atoms with Gasteiger partial charge in [-0.3, -0.25) is 4.57 Å². The quantitative estimate of drug-likeness (QED) is 0.265.